The van der Waals surface area contributed by atoms with Crippen molar-refractivity contribution in [3.05, 3.63) is 68.4 Å². The van der Waals surface area contributed by atoms with Crippen LogP contribution in [0.4, 0.5) is 4.39 Å². The van der Waals surface area contributed by atoms with Gasteiger partial charge in [0.2, 0.25) is 0 Å². The summed E-state index contributed by atoms with van der Waals surface area (Å²) in [7, 11) is 0. The van der Waals surface area contributed by atoms with E-state index in [1.165, 1.54) is 12.1 Å². The third-order valence-corrected chi connectivity index (χ3v) is 3.38. The molecule has 0 bridgehead atoms. The molecule has 3 aromatic rings. The van der Waals surface area contributed by atoms with Crippen molar-refractivity contribution >= 4 is 0 Å². The van der Waals surface area contributed by atoms with Crippen molar-refractivity contribution in [2.24, 2.45) is 0 Å². The maximum absolute atomic E-state index is 13.3. The lowest BCUT2D eigenvalue weighted by Crippen LogP contribution is -2.14. The average molecular weight is 305 g/mol. The molecule has 114 valence electrons. The largest absolute Gasteiger partial charge is 0.446 e. The number of benzene rings is 1. The molecule has 0 spiro atoms. The Balaban J connectivity index is 2.03. The highest BCUT2D eigenvalue weighted by Crippen LogP contribution is 2.22. The van der Waals surface area contributed by atoms with Gasteiger partial charge in [0.1, 0.15) is 11.9 Å². The monoisotopic (exact) mass is 305 g/mol. The van der Waals surface area contributed by atoms with Crippen molar-refractivity contribution in [3.63, 3.8) is 0 Å². The molecule has 0 aliphatic heterocycles. The van der Waals surface area contributed by atoms with Gasteiger partial charge >= 0.3 is 11.3 Å². The van der Waals surface area contributed by atoms with Gasteiger partial charge in [0.25, 0.3) is 0 Å². The van der Waals surface area contributed by atoms with Gasteiger partial charge in [-0.15, -0.1) is 0 Å². The fraction of sp³-hybridized carbons (Fsp3) is 0.214. The Morgan fingerprint density at radius 3 is 2.55 bits per heavy atom. The van der Waals surface area contributed by atoms with Crippen LogP contribution < -0.4 is 11.3 Å². The summed E-state index contributed by atoms with van der Waals surface area (Å²) in [5, 5.41) is 4.20. The minimum absolute atomic E-state index is 0.371. The Kier molecular flexibility index (Phi) is 3.28. The van der Waals surface area contributed by atoms with E-state index in [1.807, 2.05) is 0 Å². The highest BCUT2D eigenvalue weighted by molar-refractivity contribution is 5.35. The van der Waals surface area contributed by atoms with E-state index in [9.17, 15) is 14.0 Å². The van der Waals surface area contributed by atoms with E-state index in [1.54, 1.807) is 36.9 Å². The lowest BCUT2D eigenvalue weighted by molar-refractivity contribution is 0.0595. The van der Waals surface area contributed by atoms with E-state index in [-0.39, 0.29) is 5.82 Å². The molecule has 0 N–H and O–H groups in total. The van der Waals surface area contributed by atoms with E-state index in [2.05, 4.69) is 5.10 Å². The second kappa shape index (κ2) is 5.14. The van der Waals surface area contributed by atoms with Crippen LogP contribution in [0.25, 0.3) is 5.69 Å². The Morgan fingerprint density at radius 2 is 1.91 bits per heavy atom. The second-order valence-corrected chi connectivity index (χ2v) is 4.80. The second-order valence-electron chi connectivity index (χ2n) is 4.80. The van der Waals surface area contributed by atoms with Crippen LogP contribution >= 0.6 is 0 Å². The zero-order chi connectivity index (χ0) is 15.9. The van der Waals surface area contributed by atoms with Crippen molar-refractivity contribution in [2.45, 2.75) is 19.9 Å². The van der Waals surface area contributed by atoms with E-state index in [4.69, 9.17) is 9.05 Å². The van der Waals surface area contributed by atoms with Crippen LogP contribution in [0.2, 0.25) is 0 Å². The molecule has 0 fully saturated rings. The molecule has 0 aliphatic rings. The van der Waals surface area contributed by atoms with E-state index >= 15 is 0 Å². The quantitative estimate of drug-likeness (QED) is 0.687. The summed E-state index contributed by atoms with van der Waals surface area (Å²) >= 11 is 0. The molecule has 2 aromatic heterocycles. The number of aromatic nitrogens is 3. The minimum Gasteiger partial charge on any atom is -0.298 e. The first-order valence-electron chi connectivity index (χ1n) is 6.51. The van der Waals surface area contributed by atoms with Gasteiger partial charge in [-0.3, -0.25) is 9.05 Å². The highest BCUT2D eigenvalue weighted by atomic mass is 19.1. The Hall–Kier alpha value is -2.90. The maximum Gasteiger partial charge on any atom is 0.446 e. The highest BCUT2D eigenvalue weighted by Gasteiger charge is 2.20. The maximum atomic E-state index is 13.3. The van der Waals surface area contributed by atoms with Crippen LogP contribution in [0.1, 0.15) is 24.2 Å². The number of nitrogens with zero attached hydrogens (tertiary/aromatic N) is 3. The first-order chi connectivity index (χ1) is 10.5. The summed E-state index contributed by atoms with van der Waals surface area (Å²) in [4.78, 5) is 23.0. The van der Waals surface area contributed by atoms with Crippen molar-refractivity contribution in [1.29, 1.82) is 0 Å². The van der Waals surface area contributed by atoms with E-state index < -0.39 is 17.3 Å². The summed E-state index contributed by atoms with van der Waals surface area (Å²) in [6, 6.07) is 5.45. The molecule has 0 amide bonds. The molecule has 8 heteroatoms. The summed E-state index contributed by atoms with van der Waals surface area (Å²) in [5.41, 5.74) is -0.195. The molecule has 7 nitrogen and oxygen atoms in total. The molecule has 1 unspecified atom stereocenters. The van der Waals surface area contributed by atoms with Crippen molar-refractivity contribution in [2.75, 3.05) is 0 Å². The number of hydrogen-bond donors (Lipinski definition) is 0. The Bertz CT molecular complexity index is 906. The van der Waals surface area contributed by atoms with Gasteiger partial charge in [-0.25, -0.2) is 18.7 Å². The lowest BCUT2D eigenvalue weighted by atomic mass is 10.1. The molecule has 1 aromatic carbocycles. The Labute approximate surface area is 123 Å². The number of rotatable bonds is 3. The Morgan fingerprint density at radius 1 is 1.23 bits per heavy atom. The van der Waals surface area contributed by atoms with Gasteiger partial charge in [0.05, 0.1) is 11.9 Å². The van der Waals surface area contributed by atoms with Crippen LogP contribution in [0.5, 0.6) is 0 Å². The van der Waals surface area contributed by atoms with Crippen LogP contribution in [0.15, 0.2) is 49.1 Å². The van der Waals surface area contributed by atoms with Gasteiger partial charge in [-0.05, 0) is 32.0 Å². The standard InChI is InChI=1S/C14H12FN3O4/c1-8-12(9(2)18-21-13(19)14(20)22-18)7-16-17(8)11-5-3-4-10(15)6-11/h3-7,9H,1-2H3. The SMILES string of the molecule is Cc1c(C(C)n2oc(=O)c(=O)o2)cnn1-c1cccc(F)c1. The minimum atomic E-state index is -1.07. The lowest BCUT2D eigenvalue weighted by Gasteiger charge is -2.09. The van der Waals surface area contributed by atoms with Crippen LogP contribution in [0.3, 0.4) is 0 Å². The number of hydrogen-bond acceptors (Lipinski definition) is 5. The third kappa shape index (κ3) is 2.28. The topological polar surface area (TPSA) is 83.2 Å². The fourth-order valence-corrected chi connectivity index (χ4v) is 2.23. The third-order valence-electron chi connectivity index (χ3n) is 3.38. The zero-order valence-corrected chi connectivity index (χ0v) is 11.8. The van der Waals surface area contributed by atoms with Crippen molar-refractivity contribution in [3.8, 4) is 5.69 Å². The first-order valence-corrected chi connectivity index (χ1v) is 6.51. The van der Waals surface area contributed by atoms with Crippen molar-refractivity contribution in [1.82, 2.24) is 14.7 Å². The first kappa shape index (κ1) is 14.1. The van der Waals surface area contributed by atoms with Gasteiger partial charge in [-0.1, -0.05) is 11.0 Å². The molecule has 0 saturated heterocycles. The smallest absolute Gasteiger partial charge is 0.298 e. The molecular weight excluding hydrogens is 293 g/mol. The fourth-order valence-electron chi connectivity index (χ4n) is 2.23. The molecule has 0 aliphatic carbocycles. The predicted molar refractivity (Wildman–Crippen MR) is 73.6 cm³/mol. The summed E-state index contributed by atoms with van der Waals surface area (Å²) < 4.78 is 24.3. The van der Waals surface area contributed by atoms with E-state index in [0.717, 1.165) is 4.91 Å². The van der Waals surface area contributed by atoms with E-state index in [0.29, 0.717) is 16.9 Å². The average Bonchev–Trinajstić information content (AvgIpc) is 3.02. The summed E-state index contributed by atoms with van der Waals surface area (Å²) in [5.74, 6) is -0.371. The molecule has 0 radical (unpaired) electrons. The molecule has 22 heavy (non-hydrogen) atoms. The molecule has 2 heterocycles. The van der Waals surface area contributed by atoms with Gasteiger partial charge < -0.3 is 0 Å². The van der Waals surface area contributed by atoms with Crippen molar-refractivity contribution < 1.29 is 13.4 Å². The van der Waals surface area contributed by atoms with Gasteiger partial charge in [-0.2, -0.15) is 5.10 Å². The normalized spacial score (nSPS) is 12.5. The molecule has 3 rings (SSSR count). The zero-order valence-electron chi connectivity index (χ0n) is 11.8. The predicted octanol–water partition coefficient (Wildman–Crippen LogP) is 1.64. The molecular formula is C14H12FN3O4. The molecule has 1 atom stereocenters. The van der Waals surface area contributed by atoms with Crippen LogP contribution in [-0.4, -0.2) is 14.7 Å². The van der Waals surface area contributed by atoms with Crippen LogP contribution in [-0.2, 0) is 0 Å². The van der Waals surface area contributed by atoms with Gasteiger partial charge in [0.15, 0.2) is 0 Å². The van der Waals surface area contributed by atoms with Gasteiger partial charge in [0, 0.05) is 11.3 Å². The molecule has 0 saturated carbocycles. The summed E-state index contributed by atoms with van der Waals surface area (Å²) in [6.45, 7) is 3.47. The van der Waals surface area contributed by atoms with Crippen LogP contribution in [0, 0.1) is 12.7 Å². The number of halogens is 1. The summed E-state index contributed by atoms with van der Waals surface area (Å²) in [6.07, 6.45) is 1.55.